The second-order valence-electron chi connectivity index (χ2n) is 3.86. The van der Waals surface area contributed by atoms with Crippen LogP contribution in [0.5, 0.6) is 0 Å². The van der Waals surface area contributed by atoms with Crippen LogP contribution in [0.25, 0.3) is 0 Å². The van der Waals surface area contributed by atoms with Gasteiger partial charge in [-0.05, 0) is 36.5 Å². The van der Waals surface area contributed by atoms with Crippen molar-refractivity contribution in [1.82, 2.24) is 0 Å². The predicted molar refractivity (Wildman–Crippen MR) is 64.4 cm³/mol. The molecule has 0 aliphatic rings. The minimum Gasteiger partial charge on any atom is -0.397 e. The highest BCUT2D eigenvalue weighted by atomic mass is 35.5. The van der Waals surface area contributed by atoms with E-state index in [1.807, 2.05) is 13.8 Å². The van der Waals surface area contributed by atoms with Crippen LogP contribution in [0.15, 0.2) is 0 Å². The summed E-state index contributed by atoms with van der Waals surface area (Å²) >= 11 is 12.4. The Kier molecular flexibility index (Phi) is 3.33. The van der Waals surface area contributed by atoms with E-state index >= 15 is 0 Å². The summed E-state index contributed by atoms with van der Waals surface area (Å²) in [6.07, 6.45) is 0. The first-order chi connectivity index (χ1) is 6.37. The summed E-state index contributed by atoms with van der Waals surface area (Å²) in [5.74, 6) is 0.336. The largest absolute Gasteiger partial charge is 0.397 e. The molecule has 0 saturated heterocycles. The van der Waals surface area contributed by atoms with Crippen molar-refractivity contribution in [1.29, 1.82) is 0 Å². The van der Waals surface area contributed by atoms with Gasteiger partial charge in [0, 0.05) is 5.02 Å². The molecule has 0 heterocycles. The normalized spacial score (nSPS) is 11.1. The average molecular weight is 232 g/mol. The van der Waals surface area contributed by atoms with Gasteiger partial charge in [-0.25, -0.2) is 0 Å². The second kappa shape index (κ2) is 4.00. The molecule has 0 fully saturated rings. The maximum atomic E-state index is 6.19. The van der Waals surface area contributed by atoms with Crippen LogP contribution in [0.4, 0.5) is 5.69 Å². The summed E-state index contributed by atoms with van der Waals surface area (Å²) in [5.41, 5.74) is 9.45. The van der Waals surface area contributed by atoms with E-state index in [1.165, 1.54) is 0 Å². The van der Waals surface area contributed by atoms with Gasteiger partial charge in [0.2, 0.25) is 0 Å². The molecule has 0 spiro atoms. The minimum absolute atomic E-state index is 0.336. The van der Waals surface area contributed by atoms with Crippen molar-refractivity contribution in [3.05, 3.63) is 26.7 Å². The first kappa shape index (κ1) is 11.7. The lowest BCUT2D eigenvalue weighted by atomic mass is 9.95. The number of rotatable bonds is 1. The third-order valence-corrected chi connectivity index (χ3v) is 3.49. The fourth-order valence-electron chi connectivity index (χ4n) is 1.68. The predicted octanol–water partition coefficient (Wildman–Crippen LogP) is 4.32. The lowest BCUT2D eigenvalue weighted by Crippen LogP contribution is -2.01. The van der Waals surface area contributed by atoms with Gasteiger partial charge in [0.05, 0.1) is 10.7 Å². The third-order valence-electron chi connectivity index (χ3n) is 2.52. The van der Waals surface area contributed by atoms with E-state index < -0.39 is 0 Å². The Morgan fingerprint density at radius 2 is 1.50 bits per heavy atom. The zero-order valence-electron chi connectivity index (χ0n) is 8.91. The van der Waals surface area contributed by atoms with Crippen LogP contribution in [0.1, 0.15) is 36.5 Å². The van der Waals surface area contributed by atoms with Crippen molar-refractivity contribution in [2.24, 2.45) is 0 Å². The Hall–Kier alpha value is -0.400. The Bertz CT molecular complexity index is 341. The van der Waals surface area contributed by atoms with Crippen molar-refractivity contribution in [3.63, 3.8) is 0 Å². The molecule has 1 nitrogen and oxygen atoms in total. The summed E-state index contributed by atoms with van der Waals surface area (Å²) in [6.45, 7) is 8.04. The Balaban J connectivity index is 3.60. The van der Waals surface area contributed by atoms with E-state index in [0.717, 1.165) is 21.7 Å². The topological polar surface area (TPSA) is 26.0 Å². The van der Waals surface area contributed by atoms with Crippen LogP contribution in [0.2, 0.25) is 10.0 Å². The molecule has 0 saturated carbocycles. The summed E-state index contributed by atoms with van der Waals surface area (Å²) in [5, 5.41) is 1.38. The quantitative estimate of drug-likeness (QED) is 0.717. The molecule has 2 N–H and O–H groups in total. The fourth-order valence-corrected chi connectivity index (χ4v) is 2.38. The lowest BCUT2D eigenvalue weighted by Gasteiger charge is -2.17. The molecule has 0 unspecified atom stereocenters. The highest BCUT2D eigenvalue weighted by molar-refractivity contribution is 6.37. The maximum absolute atomic E-state index is 6.19. The fraction of sp³-hybridized carbons (Fsp3) is 0.455. The molecule has 3 heteroatoms. The van der Waals surface area contributed by atoms with Gasteiger partial charge in [0.1, 0.15) is 0 Å². The summed E-state index contributed by atoms with van der Waals surface area (Å²) in [7, 11) is 0. The summed E-state index contributed by atoms with van der Waals surface area (Å²) < 4.78 is 0. The Morgan fingerprint density at radius 1 is 1.00 bits per heavy atom. The first-order valence-corrected chi connectivity index (χ1v) is 5.37. The van der Waals surface area contributed by atoms with Gasteiger partial charge < -0.3 is 5.73 Å². The van der Waals surface area contributed by atoms with Crippen molar-refractivity contribution < 1.29 is 0 Å². The molecule has 0 bridgehead atoms. The number of hydrogen-bond acceptors (Lipinski definition) is 1. The average Bonchev–Trinajstić information content (AvgIpc) is 2.11. The Morgan fingerprint density at radius 3 is 1.93 bits per heavy atom. The molecule has 0 aromatic heterocycles. The molecule has 0 atom stereocenters. The molecule has 0 aliphatic carbocycles. The minimum atomic E-state index is 0.336. The van der Waals surface area contributed by atoms with Crippen molar-refractivity contribution in [2.75, 3.05) is 5.73 Å². The van der Waals surface area contributed by atoms with Gasteiger partial charge in [-0.2, -0.15) is 0 Å². The van der Waals surface area contributed by atoms with Crippen LogP contribution in [0.3, 0.4) is 0 Å². The lowest BCUT2D eigenvalue weighted by molar-refractivity contribution is 0.856. The van der Waals surface area contributed by atoms with Crippen LogP contribution < -0.4 is 5.73 Å². The number of nitrogens with two attached hydrogens (primary N) is 1. The van der Waals surface area contributed by atoms with Crippen molar-refractivity contribution >= 4 is 28.9 Å². The highest BCUT2D eigenvalue weighted by Gasteiger charge is 2.17. The van der Waals surface area contributed by atoms with Gasteiger partial charge in [-0.15, -0.1) is 0 Å². The SMILES string of the molecule is Cc1c(N)c(Cl)c(C(C)C)c(C)c1Cl. The molecular formula is C11H15Cl2N. The maximum Gasteiger partial charge on any atom is 0.0676 e. The smallest absolute Gasteiger partial charge is 0.0676 e. The zero-order valence-corrected chi connectivity index (χ0v) is 10.4. The van der Waals surface area contributed by atoms with Gasteiger partial charge in [0.15, 0.2) is 0 Å². The second-order valence-corrected chi connectivity index (χ2v) is 4.62. The van der Waals surface area contributed by atoms with Crippen molar-refractivity contribution in [3.8, 4) is 0 Å². The van der Waals surface area contributed by atoms with Crippen molar-refractivity contribution in [2.45, 2.75) is 33.6 Å². The Labute approximate surface area is 95.2 Å². The van der Waals surface area contributed by atoms with Crippen LogP contribution in [-0.2, 0) is 0 Å². The molecule has 1 aromatic rings. The number of halogens is 2. The van der Waals surface area contributed by atoms with E-state index in [4.69, 9.17) is 28.9 Å². The first-order valence-electron chi connectivity index (χ1n) is 4.61. The van der Waals surface area contributed by atoms with E-state index in [1.54, 1.807) is 0 Å². The van der Waals surface area contributed by atoms with Crippen LogP contribution >= 0.6 is 23.2 Å². The molecule has 78 valence electrons. The third kappa shape index (κ3) is 1.71. The van der Waals surface area contributed by atoms with E-state index in [9.17, 15) is 0 Å². The van der Waals surface area contributed by atoms with Gasteiger partial charge >= 0.3 is 0 Å². The molecule has 1 aromatic carbocycles. The van der Waals surface area contributed by atoms with E-state index in [0.29, 0.717) is 16.6 Å². The van der Waals surface area contributed by atoms with Crippen LogP contribution in [-0.4, -0.2) is 0 Å². The standard InChI is InChI=1S/C11H15Cl2N/c1-5(2)8-6(3)9(12)7(4)11(14)10(8)13/h5H,14H2,1-4H3. The molecule has 1 rings (SSSR count). The van der Waals surface area contributed by atoms with Crippen LogP contribution in [0, 0.1) is 13.8 Å². The summed E-state index contributed by atoms with van der Waals surface area (Å²) in [4.78, 5) is 0. The van der Waals surface area contributed by atoms with Gasteiger partial charge in [0.25, 0.3) is 0 Å². The number of hydrogen-bond donors (Lipinski definition) is 1. The van der Waals surface area contributed by atoms with E-state index in [-0.39, 0.29) is 0 Å². The highest BCUT2D eigenvalue weighted by Crippen LogP contribution is 2.39. The molecule has 14 heavy (non-hydrogen) atoms. The number of anilines is 1. The monoisotopic (exact) mass is 231 g/mol. The molecule has 0 amide bonds. The molecule has 0 aliphatic heterocycles. The zero-order chi connectivity index (χ0) is 11.0. The number of benzene rings is 1. The van der Waals surface area contributed by atoms with E-state index in [2.05, 4.69) is 13.8 Å². The summed E-state index contributed by atoms with van der Waals surface area (Å²) in [6, 6.07) is 0. The number of nitrogen functional groups attached to an aromatic ring is 1. The molecule has 0 radical (unpaired) electrons. The van der Waals surface area contributed by atoms with Gasteiger partial charge in [-0.1, -0.05) is 37.0 Å². The van der Waals surface area contributed by atoms with Gasteiger partial charge in [-0.3, -0.25) is 0 Å². The molecular weight excluding hydrogens is 217 g/mol.